The smallest absolute Gasteiger partial charge is 0.0546 e. The van der Waals surface area contributed by atoms with Gasteiger partial charge in [0.2, 0.25) is 0 Å². The van der Waals surface area contributed by atoms with E-state index < -0.39 is 8.07 Å². The third-order valence-electron chi connectivity index (χ3n) is 13.5. The van der Waals surface area contributed by atoms with Crippen LogP contribution in [0.25, 0.3) is 0 Å². The lowest BCUT2D eigenvalue weighted by Crippen LogP contribution is -2.47. The molecule has 0 saturated heterocycles. The average Bonchev–Trinajstić information content (AvgIpc) is 3.38. The number of hydrogen-bond donors (Lipinski definition) is 0. The minimum absolute atomic E-state index is 0.975. The summed E-state index contributed by atoms with van der Waals surface area (Å²) in [6.45, 7) is 16.4. The van der Waals surface area contributed by atoms with Crippen LogP contribution in [0.15, 0.2) is 0 Å². The van der Waals surface area contributed by atoms with E-state index in [1.54, 1.807) is 64.2 Å². The van der Waals surface area contributed by atoms with E-state index in [9.17, 15) is 0 Å². The van der Waals surface area contributed by atoms with Crippen molar-refractivity contribution in [3.8, 4) is 0 Å². The van der Waals surface area contributed by atoms with E-state index in [1.165, 1.54) is 38.5 Å². The molecule has 35 heavy (non-hydrogen) atoms. The average molecular weight is 499 g/mol. The summed E-state index contributed by atoms with van der Waals surface area (Å²) in [5.74, 6) is 10.7. The highest BCUT2D eigenvalue weighted by Crippen LogP contribution is 2.67. The van der Waals surface area contributed by atoms with Crippen LogP contribution in [0.5, 0.6) is 0 Å². The Balaban J connectivity index is 1.35. The normalized spacial score (nSPS) is 45.8. The summed E-state index contributed by atoms with van der Waals surface area (Å²) in [4.78, 5) is 0. The first-order chi connectivity index (χ1) is 16.8. The van der Waals surface area contributed by atoms with Gasteiger partial charge in [0, 0.05) is 0 Å². The van der Waals surface area contributed by atoms with Crippen LogP contribution in [0.3, 0.4) is 0 Å². The molecule has 0 aromatic heterocycles. The van der Waals surface area contributed by atoms with Crippen LogP contribution in [-0.4, -0.2) is 8.07 Å². The van der Waals surface area contributed by atoms with E-state index in [1.807, 2.05) is 0 Å². The first kappa shape index (κ1) is 26.8. The van der Waals surface area contributed by atoms with Crippen LogP contribution >= 0.6 is 0 Å². The van der Waals surface area contributed by atoms with Crippen molar-refractivity contribution >= 4 is 8.07 Å². The summed E-state index contributed by atoms with van der Waals surface area (Å²) in [5.41, 5.74) is 2.25. The molecule has 5 aliphatic rings. The Labute approximate surface area is 221 Å². The fourth-order valence-corrected chi connectivity index (χ4v) is 19.3. The Morgan fingerprint density at radius 3 is 1.89 bits per heavy atom. The summed E-state index contributed by atoms with van der Waals surface area (Å²) in [7, 11) is -1.35. The van der Waals surface area contributed by atoms with Crippen LogP contribution in [0.2, 0.25) is 24.2 Å². The van der Waals surface area contributed by atoms with Gasteiger partial charge in [-0.25, -0.2) is 0 Å². The van der Waals surface area contributed by atoms with Crippen LogP contribution in [-0.2, 0) is 0 Å². The number of hydrogen-bond acceptors (Lipinski definition) is 0. The van der Waals surface area contributed by atoms with E-state index in [-0.39, 0.29) is 0 Å². The van der Waals surface area contributed by atoms with Crippen molar-refractivity contribution in [1.82, 2.24) is 0 Å². The SMILES string of the molecule is CCCCC(C)C1CCCC2C1CC(C)C2[Si](C)(C)C1C(C)CC2C(C3CCCCC3)CCCC21. The summed E-state index contributed by atoms with van der Waals surface area (Å²) >= 11 is 0. The highest BCUT2D eigenvalue weighted by Gasteiger charge is 2.60. The van der Waals surface area contributed by atoms with Crippen molar-refractivity contribution in [2.75, 3.05) is 0 Å². The number of rotatable bonds is 7. The Morgan fingerprint density at radius 2 is 1.23 bits per heavy atom. The lowest BCUT2D eigenvalue weighted by Gasteiger charge is -2.50. The zero-order valence-corrected chi connectivity index (χ0v) is 25.7. The molecule has 0 nitrogen and oxygen atoms in total. The molecule has 0 bridgehead atoms. The Hall–Kier alpha value is 0.217. The van der Waals surface area contributed by atoms with Crippen molar-refractivity contribution in [3.63, 3.8) is 0 Å². The molecular formula is C34H62Si. The van der Waals surface area contributed by atoms with Gasteiger partial charge in [0.25, 0.3) is 0 Å². The summed E-state index contributed by atoms with van der Waals surface area (Å²) in [5, 5.41) is 0. The minimum atomic E-state index is -1.35. The van der Waals surface area contributed by atoms with Gasteiger partial charge in [0.1, 0.15) is 0 Å². The van der Waals surface area contributed by atoms with Gasteiger partial charge in [-0.05, 0) is 95.9 Å². The third kappa shape index (κ3) is 5.01. The summed E-state index contributed by atoms with van der Waals surface area (Å²) in [6, 6.07) is 0. The molecule has 11 unspecified atom stereocenters. The third-order valence-corrected chi connectivity index (χ3v) is 18.9. The van der Waals surface area contributed by atoms with E-state index in [4.69, 9.17) is 0 Å². The zero-order valence-electron chi connectivity index (χ0n) is 24.7. The fraction of sp³-hybridized carbons (Fsp3) is 1.00. The maximum atomic E-state index is 2.94. The molecule has 0 spiro atoms. The molecule has 0 amide bonds. The predicted molar refractivity (Wildman–Crippen MR) is 156 cm³/mol. The standard InChI is InChI=1S/C34H62Si/c1-7-8-14-23(2)27-17-12-19-29-31(27)21-24(3)33(29)35(5,6)34-25(4)22-32-28(18-13-20-30(32)34)26-15-10-9-11-16-26/h23-34H,7-22H2,1-6H3. The van der Waals surface area contributed by atoms with Crippen molar-refractivity contribution in [2.24, 2.45) is 59.2 Å². The molecule has 0 radical (unpaired) electrons. The summed E-state index contributed by atoms with van der Waals surface area (Å²) in [6.07, 6.45) is 24.8. The van der Waals surface area contributed by atoms with Gasteiger partial charge in [-0.15, -0.1) is 0 Å². The van der Waals surface area contributed by atoms with Crippen LogP contribution in [0.1, 0.15) is 130 Å². The Morgan fingerprint density at radius 1 is 0.657 bits per heavy atom. The zero-order chi connectivity index (χ0) is 24.7. The lowest BCUT2D eigenvalue weighted by atomic mass is 9.65. The Bertz CT molecular complexity index is 676. The highest BCUT2D eigenvalue weighted by atomic mass is 28.3. The minimum Gasteiger partial charge on any atom is -0.0689 e. The molecular weight excluding hydrogens is 436 g/mol. The van der Waals surface area contributed by atoms with E-state index in [0.717, 1.165) is 70.3 Å². The van der Waals surface area contributed by atoms with E-state index in [0.29, 0.717) is 0 Å². The number of fused-ring (bicyclic) bond motifs is 2. The van der Waals surface area contributed by atoms with Gasteiger partial charge in [0.15, 0.2) is 0 Å². The Kier molecular flexibility index (Phi) is 8.53. The maximum absolute atomic E-state index is 2.94. The van der Waals surface area contributed by atoms with Gasteiger partial charge in [-0.1, -0.05) is 118 Å². The van der Waals surface area contributed by atoms with Crippen LogP contribution in [0.4, 0.5) is 0 Å². The van der Waals surface area contributed by atoms with E-state index >= 15 is 0 Å². The molecule has 0 aromatic rings. The summed E-state index contributed by atoms with van der Waals surface area (Å²) < 4.78 is 0. The lowest BCUT2D eigenvalue weighted by molar-refractivity contribution is 0.0974. The molecule has 11 atom stereocenters. The van der Waals surface area contributed by atoms with Gasteiger partial charge < -0.3 is 0 Å². The number of unbranched alkanes of at least 4 members (excludes halogenated alkanes) is 1. The van der Waals surface area contributed by atoms with Crippen molar-refractivity contribution in [2.45, 2.75) is 155 Å². The second-order valence-electron chi connectivity index (χ2n) is 15.7. The highest BCUT2D eigenvalue weighted by molar-refractivity contribution is 6.80. The molecule has 5 fully saturated rings. The topological polar surface area (TPSA) is 0 Å². The molecule has 5 aliphatic carbocycles. The second-order valence-corrected chi connectivity index (χ2v) is 20.6. The molecule has 5 rings (SSSR count). The molecule has 0 N–H and O–H groups in total. The molecule has 1 heteroatoms. The van der Waals surface area contributed by atoms with Crippen molar-refractivity contribution < 1.29 is 0 Å². The molecule has 202 valence electrons. The van der Waals surface area contributed by atoms with Gasteiger partial charge >= 0.3 is 0 Å². The van der Waals surface area contributed by atoms with Gasteiger partial charge in [0.05, 0.1) is 8.07 Å². The van der Waals surface area contributed by atoms with Crippen molar-refractivity contribution in [1.29, 1.82) is 0 Å². The first-order valence-corrected chi connectivity index (χ1v) is 20.0. The molecule has 0 aromatic carbocycles. The van der Waals surface area contributed by atoms with Gasteiger partial charge in [-0.2, -0.15) is 0 Å². The maximum Gasteiger partial charge on any atom is 0.0546 e. The quantitative estimate of drug-likeness (QED) is 0.306. The second kappa shape index (κ2) is 11.1. The van der Waals surface area contributed by atoms with E-state index in [2.05, 4.69) is 40.8 Å². The van der Waals surface area contributed by atoms with Gasteiger partial charge in [-0.3, -0.25) is 0 Å². The van der Waals surface area contributed by atoms with Crippen LogP contribution in [0, 0.1) is 59.2 Å². The van der Waals surface area contributed by atoms with Crippen molar-refractivity contribution in [3.05, 3.63) is 0 Å². The largest absolute Gasteiger partial charge is 0.0689 e. The predicted octanol–water partition coefficient (Wildman–Crippen LogP) is 11.0. The molecule has 0 aliphatic heterocycles. The monoisotopic (exact) mass is 498 g/mol. The fourth-order valence-electron chi connectivity index (χ4n) is 12.6. The molecule has 0 heterocycles. The van der Waals surface area contributed by atoms with Crippen LogP contribution < -0.4 is 0 Å². The first-order valence-electron chi connectivity index (χ1n) is 16.8. The molecule has 5 saturated carbocycles.